The molecule has 0 bridgehead atoms. The molecule has 1 aliphatic rings. The summed E-state index contributed by atoms with van der Waals surface area (Å²) in [5.41, 5.74) is 3.96. The lowest BCUT2D eigenvalue weighted by atomic mass is 10.0. The molecule has 1 N–H and O–H groups in total. The van der Waals surface area contributed by atoms with Crippen molar-refractivity contribution in [3.8, 4) is 0 Å². The van der Waals surface area contributed by atoms with Gasteiger partial charge < -0.3 is 5.32 Å². The lowest BCUT2D eigenvalue weighted by Gasteiger charge is -2.20. The largest absolute Gasteiger partial charge is 0.378 e. The second-order valence-electron chi connectivity index (χ2n) is 5.38. The first-order valence-electron chi connectivity index (χ1n) is 6.81. The number of nitrogens with one attached hydrogen (secondary N) is 1. The molecule has 1 fully saturated rings. The Morgan fingerprint density at radius 2 is 1.63 bits per heavy atom. The number of anilines is 1. The lowest BCUT2D eigenvalue weighted by molar-refractivity contribution is 0.679. The van der Waals surface area contributed by atoms with Gasteiger partial charge in [0.15, 0.2) is 0 Å². The Morgan fingerprint density at radius 1 is 1.00 bits per heavy atom. The van der Waals surface area contributed by atoms with Crippen LogP contribution in [0.5, 0.6) is 0 Å². The Balaban J connectivity index is 1.81. The van der Waals surface area contributed by atoms with E-state index in [2.05, 4.69) is 83.4 Å². The van der Waals surface area contributed by atoms with E-state index >= 15 is 0 Å². The number of benzene rings is 2. The monoisotopic (exact) mass is 363 g/mol. The molecule has 1 nitrogen and oxygen atoms in total. The van der Waals surface area contributed by atoms with Gasteiger partial charge in [0, 0.05) is 9.26 Å². The Kier molecular flexibility index (Phi) is 3.78. The van der Waals surface area contributed by atoms with Gasteiger partial charge in [-0.2, -0.15) is 0 Å². The molecule has 19 heavy (non-hydrogen) atoms. The molecule has 2 heteroatoms. The minimum Gasteiger partial charge on any atom is -0.378 e. The molecule has 2 aromatic rings. The zero-order valence-corrected chi connectivity index (χ0v) is 13.2. The summed E-state index contributed by atoms with van der Waals surface area (Å²) in [6, 6.07) is 18.1. The number of halogens is 1. The van der Waals surface area contributed by atoms with Crippen LogP contribution in [0, 0.1) is 16.4 Å². The third kappa shape index (κ3) is 3.30. The number of rotatable bonds is 4. The summed E-state index contributed by atoms with van der Waals surface area (Å²) in [5, 5.41) is 3.70. The van der Waals surface area contributed by atoms with Crippen LogP contribution in [0.3, 0.4) is 0 Å². The lowest BCUT2D eigenvalue weighted by Crippen LogP contribution is -2.12. The van der Waals surface area contributed by atoms with Crippen molar-refractivity contribution in [2.45, 2.75) is 25.8 Å². The highest BCUT2D eigenvalue weighted by atomic mass is 127. The number of hydrogen-bond acceptors (Lipinski definition) is 1. The maximum atomic E-state index is 3.70. The van der Waals surface area contributed by atoms with Crippen molar-refractivity contribution in [2.24, 2.45) is 5.92 Å². The second-order valence-corrected chi connectivity index (χ2v) is 6.62. The minimum atomic E-state index is 0.459. The molecule has 0 amide bonds. The molecule has 0 spiro atoms. The first-order valence-corrected chi connectivity index (χ1v) is 7.89. The van der Waals surface area contributed by atoms with Crippen LogP contribution in [-0.4, -0.2) is 0 Å². The van der Waals surface area contributed by atoms with Crippen LogP contribution in [0.25, 0.3) is 0 Å². The topological polar surface area (TPSA) is 12.0 Å². The van der Waals surface area contributed by atoms with Crippen molar-refractivity contribution in [1.29, 1.82) is 0 Å². The van der Waals surface area contributed by atoms with Crippen LogP contribution in [0.2, 0.25) is 0 Å². The molecule has 98 valence electrons. The predicted molar refractivity (Wildman–Crippen MR) is 89.4 cm³/mol. The van der Waals surface area contributed by atoms with Gasteiger partial charge >= 0.3 is 0 Å². The summed E-state index contributed by atoms with van der Waals surface area (Å²) >= 11 is 2.34. The molecule has 1 atom stereocenters. The Bertz CT molecular complexity index is 540. The predicted octanol–water partition coefficient (Wildman–Crippen LogP) is 5.16. The molecule has 1 aliphatic carbocycles. The minimum absolute atomic E-state index is 0.459. The van der Waals surface area contributed by atoms with Crippen LogP contribution in [0.1, 0.15) is 30.0 Å². The van der Waals surface area contributed by atoms with Gasteiger partial charge in [0.25, 0.3) is 0 Å². The third-order valence-corrected chi connectivity index (χ3v) is 4.42. The van der Waals surface area contributed by atoms with Crippen molar-refractivity contribution in [2.75, 3.05) is 5.32 Å². The van der Waals surface area contributed by atoms with E-state index in [1.807, 2.05) is 0 Å². The fourth-order valence-corrected chi connectivity index (χ4v) is 2.76. The average molecular weight is 363 g/mol. The van der Waals surface area contributed by atoms with Gasteiger partial charge in [0.2, 0.25) is 0 Å². The molecule has 0 saturated heterocycles. The van der Waals surface area contributed by atoms with E-state index in [1.165, 1.54) is 33.2 Å². The van der Waals surface area contributed by atoms with Crippen molar-refractivity contribution < 1.29 is 0 Å². The summed E-state index contributed by atoms with van der Waals surface area (Å²) in [6.07, 6.45) is 2.69. The van der Waals surface area contributed by atoms with Crippen LogP contribution < -0.4 is 5.32 Å². The Labute approximate surface area is 128 Å². The van der Waals surface area contributed by atoms with Crippen molar-refractivity contribution in [3.63, 3.8) is 0 Å². The first-order chi connectivity index (χ1) is 9.22. The third-order valence-electron chi connectivity index (χ3n) is 3.70. The van der Waals surface area contributed by atoms with E-state index in [0.29, 0.717) is 6.04 Å². The number of aryl methyl sites for hydroxylation is 1. The van der Waals surface area contributed by atoms with Gasteiger partial charge in [0.05, 0.1) is 6.04 Å². The van der Waals surface area contributed by atoms with E-state index in [-0.39, 0.29) is 0 Å². The molecule has 2 aromatic carbocycles. The van der Waals surface area contributed by atoms with Gasteiger partial charge in [0.1, 0.15) is 0 Å². The molecule has 3 rings (SSSR count). The van der Waals surface area contributed by atoms with Gasteiger partial charge in [-0.15, -0.1) is 0 Å². The van der Waals surface area contributed by atoms with Crippen molar-refractivity contribution in [1.82, 2.24) is 0 Å². The zero-order chi connectivity index (χ0) is 13.2. The van der Waals surface area contributed by atoms with Crippen LogP contribution in [-0.2, 0) is 0 Å². The fraction of sp³-hybridized carbons (Fsp3) is 0.294. The smallest absolute Gasteiger partial charge is 0.0542 e. The summed E-state index contributed by atoms with van der Waals surface area (Å²) in [5.74, 6) is 0.794. The van der Waals surface area contributed by atoms with E-state index in [1.54, 1.807) is 0 Å². The molecule has 0 aliphatic heterocycles. The standard InChI is InChI=1S/C17H18IN/c1-12-2-4-13(5-3-12)17(14-6-7-14)19-16-10-8-15(18)9-11-16/h2-5,8-11,14,17,19H,6-7H2,1H3. The highest BCUT2D eigenvalue weighted by Gasteiger charge is 2.32. The van der Waals surface area contributed by atoms with E-state index in [0.717, 1.165) is 5.92 Å². The second kappa shape index (κ2) is 5.53. The molecular formula is C17H18IN. The maximum absolute atomic E-state index is 3.70. The van der Waals surface area contributed by atoms with Gasteiger partial charge in [-0.25, -0.2) is 0 Å². The Morgan fingerprint density at radius 3 is 2.21 bits per heavy atom. The summed E-state index contributed by atoms with van der Waals surface area (Å²) in [6.45, 7) is 2.14. The van der Waals surface area contributed by atoms with Gasteiger partial charge in [-0.05, 0) is 78.1 Å². The Hall–Kier alpha value is -1.03. The average Bonchev–Trinajstić information content (AvgIpc) is 3.24. The van der Waals surface area contributed by atoms with E-state index < -0.39 is 0 Å². The summed E-state index contributed by atoms with van der Waals surface area (Å²) in [4.78, 5) is 0. The van der Waals surface area contributed by atoms with Crippen molar-refractivity contribution >= 4 is 28.3 Å². The molecule has 0 radical (unpaired) electrons. The van der Waals surface area contributed by atoms with Crippen LogP contribution >= 0.6 is 22.6 Å². The normalized spacial score (nSPS) is 16.1. The molecule has 0 heterocycles. The molecule has 0 aromatic heterocycles. The molecular weight excluding hydrogens is 345 g/mol. The van der Waals surface area contributed by atoms with Gasteiger partial charge in [-0.1, -0.05) is 29.8 Å². The summed E-state index contributed by atoms with van der Waals surface area (Å²) < 4.78 is 1.28. The van der Waals surface area contributed by atoms with Gasteiger partial charge in [-0.3, -0.25) is 0 Å². The maximum Gasteiger partial charge on any atom is 0.0542 e. The van der Waals surface area contributed by atoms with Crippen LogP contribution in [0.4, 0.5) is 5.69 Å². The molecule has 1 unspecified atom stereocenters. The number of hydrogen-bond donors (Lipinski definition) is 1. The van der Waals surface area contributed by atoms with Crippen LogP contribution in [0.15, 0.2) is 48.5 Å². The highest BCUT2D eigenvalue weighted by molar-refractivity contribution is 14.1. The van der Waals surface area contributed by atoms with Crippen molar-refractivity contribution in [3.05, 3.63) is 63.2 Å². The first kappa shape index (κ1) is 13.0. The van der Waals surface area contributed by atoms with E-state index in [9.17, 15) is 0 Å². The quantitative estimate of drug-likeness (QED) is 0.740. The zero-order valence-electron chi connectivity index (χ0n) is 11.1. The summed E-state index contributed by atoms with van der Waals surface area (Å²) in [7, 11) is 0. The van der Waals surface area contributed by atoms with E-state index in [4.69, 9.17) is 0 Å². The fourth-order valence-electron chi connectivity index (χ4n) is 2.40. The highest BCUT2D eigenvalue weighted by Crippen LogP contribution is 2.42. The molecule has 1 saturated carbocycles. The SMILES string of the molecule is Cc1ccc(C(Nc2ccc(I)cc2)C2CC2)cc1.